The quantitative estimate of drug-likeness (QED) is 0.256. The largest absolute Gasteiger partial charge is 0.467 e. The van der Waals surface area contributed by atoms with Crippen LogP contribution in [-0.2, 0) is 13.0 Å². The molecule has 0 saturated carbocycles. The Bertz CT molecular complexity index is 1440. The third kappa shape index (κ3) is 4.28. The number of nitrogens with zero attached hydrogens (tertiary/aromatic N) is 2. The maximum absolute atomic E-state index is 13.6. The fourth-order valence-electron chi connectivity index (χ4n) is 3.86. The smallest absolute Gasteiger partial charge is 0.260 e. The number of benzene rings is 3. The summed E-state index contributed by atoms with van der Waals surface area (Å²) in [6.07, 6.45) is 2.46. The van der Waals surface area contributed by atoms with E-state index in [0.717, 1.165) is 22.2 Å². The topological polar surface area (TPSA) is 63.4 Å². The number of thiazole rings is 1. The number of furan rings is 1. The Labute approximate surface area is 201 Å². The molecule has 0 fully saturated rings. The van der Waals surface area contributed by atoms with E-state index in [1.165, 1.54) is 11.3 Å². The zero-order chi connectivity index (χ0) is 23.5. The Morgan fingerprint density at radius 1 is 0.853 bits per heavy atom. The molecule has 0 unspecified atom stereocenters. The number of rotatable bonds is 7. The molecule has 5 nitrogen and oxygen atoms in total. The van der Waals surface area contributed by atoms with Gasteiger partial charge in [0.15, 0.2) is 10.9 Å². The van der Waals surface area contributed by atoms with Gasteiger partial charge in [0.1, 0.15) is 5.76 Å². The van der Waals surface area contributed by atoms with Crippen molar-refractivity contribution in [2.24, 2.45) is 0 Å². The Hall–Kier alpha value is -4.03. The summed E-state index contributed by atoms with van der Waals surface area (Å²) in [7, 11) is 0. The lowest BCUT2D eigenvalue weighted by atomic mass is 10.0. The van der Waals surface area contributed by atoms with Gasteiger partial charge < -0.3 is 4.42 Å². The first-order chi connectivity index (χ1) is 16.6. The number of carbonyl (C=O) groups is 2. The molecule has 0 aliphatic rings. The van der Waals surface area contributed by atoms with Gasteiger partial charge in [0.05, 0.1) is 23.0 Å². The normalized spacial score (nSPS) is 11.0. The van der Waals surface area contributed by atoms with Crippen molar-refractivity contribution in [1.82, 2.24) is 4.98 Å². The second kappa shape index (κ2) is 9.45. The van der Waals surface area contributed by atoms with Gasteiger partial charge in [0.2, 0.25) is 0 Å². The molecule has 34 heavy (non-hydrogen) atoms. The molecule has 5 rings (SSSR count). The van der Waals surface area contributed by atoms with Crippen LogP contribution in [0.15, 0.2) is 95.6 Å². The van der Waals surface area contributed by atoms with Crippen LogP contribution in [0.25, 0.3) is 10.2 Å². The second-order valence-corrected chi connectivity index (χ2v) is 8.87. The first-order valence-corrected chi connectivity index (χ1v) is 11.9. The van der Waals surface area contributed by atoms with Gasteiger partial charge in [-0.3, -0.25) is 14.5 Å². The fraction of sp³-hybridized carbons (Fsp3) is 0.107. The molecule has 0 bridgehead atoms. The Morgan fingerprint density at radius 2 is 1.59 bits per heavy atom. The van der Waals surface area contributed by atoms with E-state index in [1.807, 2.05) is 36.4 Å². The van der Waals surface area contributed by atoms with Crippen molar-refractivity contribution in [3.8, 4) is 0 Å². The number of carbonyl (C=O) groups excluding carboxylic acids is 2. The summed E-state index contributed by atoms with van der Waals surface area (Å²) in [6.45, 7) is 2.36. The molecule has 0 aliphatic heterocycles. The molecule has 1 amide bonds. The standard InChI is InChI=1S/C28H22N2O3S/c1-2-19-10-6-12-24-25(19)29-28(34-24)30(18-23-11-7-17-33-23)27(32)22-15-13-21(14-16-22)26(31)20-8-4-3-5-9-20/h3-17H,2,18H2,1H3. The van der Waals surface area contributed by atoms with E-state index in [-0.39, 0.29) is 18.2 Å². The van der Waals surface area contributed by atoms with Gasteiger partial charge in [-0.1, -0.05) is 72.9 Å². The lowest BCUT2D eigenvalue weighted by Crippen LogP contribution is -2.30. The van der Waals surface area contributed by atoms with Crippen molar-refractivity contribution in [3.05, 3.63) is 119 Å². The summed E-state index contributed by atoms with van der Waals surface area (Å²) >= 11 is 1.48. The molecule has 0 aliphatic carbocycles. The average Bonchev–Trinajstić information content (AvgIpc) is 3.56. The number of hydrogen-bond donors (Lipinski definition) is 0. The third-order valence-corrected chi connectivity index (χ3v) is 6.72. The number of anilines is 1. The minimum atomic E-state index is -0.202. The SMILES string of the molecule is CCc1cccc2sc(N(Cc3ccco3)C(=O)c3ccc(C(=O)c4ccccc4)cc3)nc12. The Kier molecular flexibility index (Phi) is 6.06. The minimum Gasteiger partial charge on any atom is -0.467 e. The van der Waals surface area contributed by atoms with Gasteiger partial charge in [0.25, 0.3) is 5.91 Å². The second-order valence-electron chi connectivity index (χ2n) is 7.86. The van der Waals surface area contributed by atoms with Crippen LogP contribution in [0.3, 0.4) is 0 Å². The lowest BCUT2D eigenvalue weighted by Gasteiger charge is -2.19. The van der Waals surface area contributed by atoms with E-state index in [4.69, 9.17) is 9.40 Å². The Balaban J connectivity index is 1.48. The van der Waals surface area contributed by atoms with Gasteiger partial charge >= 0.3 is 0 Å². The molecular weight excluding hydrogens is 444 g/mol. The van der Waals surface area contributed by atoms with Crippen LogP contribution < -0.4 is 4.90 Å². The number of amides is 1. The molecule has 0 N–H and O–H groups in total. The number of para-hydroxylation sites is 1. The number of hydrogen-bond acceptors (Lipinski definition) is 5. The minimum absolute atomic E-state index is 0.0784. The molecule has 2 aromatic heterocycles. The van der Waals surface area contributed by atoms with E-state index in [9.17, 15) is 9.59 Å². The summed E-state index contributed by atoms with van der Waals surface area (Å²) in [5.41, 5.74) is 3.70. The molecule has 0 saturated heterocycles. The predicted octanol–water partition coefficient (Wildman–Crippen LogP) is 6.53. The van der Waals surface area contributed by atoms with Crippen molar-refractivity contribution < 1.29 is 14.0 Å². The summed E-state index contributed by atoms with van der Waals surface area (Å²) in [5.74, 6) is 0.386. The van der Waals surface area contributed by atoms with Crippen LogP contribution in [0.2, 0.25) is 0 Å². The molecule has 5 aromatic rings. The number of ketones is 1. The monoisotopic (exact) mass is 466 g/mol. The highest BCUT2D eigenvalue weighted by Gasteiger charge is 2.23. The van der Waals surface area contributed by atoms with Crippen molar-refractivity contribution in [2.45, 2.75) is 19.9 Å². The summed E-state index contributed by atoms with van der Waals surface area (Å²) < 4.78 is 6.57. The average molecular weight is 467 g/mol. The van der Waals surface area contributed by atoms with Crippen molar-refractivity contribution in [3.63, 3.8) is 0 Å². The third-order valence-electron chi connectivity index (χ3n) is 5.67. The van der Waals surface area contributed by atoms with Crippen molar-refractivity contribution in [2.75, 3.05) is 4.90 Å². The highest BCUT2D eigenvalue weighted by atomic mass is 32.1. The van der Waals surface area contributed by atoms with Gasteiger partial charge in [-0.25, -0.2) is 4.98 Å². The number of aryl methyl sites for hydroxylation is 1. The molecule has 2 heterocycles. The predicted molar refractivity (Wildman–Crippen MR) is 135 cm³/mol. The maximum Gasteiger partial charge on any atom is 0.260 e. The lowest BCUT2D eigenvalue weighted by molar-refractivity contribution is 0.0981. The molecule has 3 aromatic carbocycles. The zero-order valence-electron chi connectivity index (χ0n) is 18.6. The van der Waals surface area contributed by atoms with Crippen molar-refractivity contribution >= 4 is 38.4 Å². The molecule has 0 atom stereocenters. The van der Waals surface area contributed by atoms with E-state index in [2.05, 4.69) is 13.0 Å². The van der Waals surface area contributed by atoms with E-state index >= 15 is 0 Å². The van der Waals surface area contributed by atoms with Gasteiger partial charge in [-0.05, 0) is 42.3 Å². The fourth-order valence-corrected chi connectivity index (χ4v) is 4.87. The van der Waals surface area contributed by atoms with Gasteiger partial charge in [-0.15, -0.1) is 0 Å². The highest BCUT2D eigenvalue weighted by Crippen LogP contribution is 2.33. The van der Waals surface area contributed by atoms with Crippen molar-refractivity contribution in [1.29, 1.82) is 0 Å². The first-order valence-electron chi connectivity index (χ1n) is 11.1. The van der Waals surface area contributed by atoms with E-state index in [1.54, 1.807) is 53.6 Å². The highest BCUT2D eigenvalue weighted by molar-refractivity contribution is 7.22. The number of fused-ring (bicyclic) bond motifs is 1. The number of aromatic nitrogens is 1. The Morgan fingerprint density at radius 3 is 2.29 bits per heavy atom. The first kappa shape index (κ1) is 21.8. The van der Waals surface area contributed by atoms with Gasteiger partial charge in [0, 0.05) is 16.7 Å². The van der Waals surface area contributed by atoms with E-state index < -0.39 is 0 Å². The maximum atomic E-state index is 13.6. The molecule has 168 valence electrons. The van der Waals surface area contributed by atoms with Gasteiger partial charge in [-0.2, -0.15) is 0 Å². The van der Waals surface area contributed by atoms with Crippen LogP contribution in [0.4, 0.5) is 5.13 Å². The van der Waals surface area contributed by atoms with E-state index in [0.29, 0.717) is 27.6 Å². The van der Waals surface area contributed by atoms with Crippen LogP contribution in [-0.4, -0.2) is 16.7 Å². The van der Waals surface area contributed by atoms with Crippen LogP contribution in [0, 0.1) is 0 Å². The van der Waals surface area contributed by atoms with Crippen LogP contribution in [0.1, 0.15) is 44.5 Å². The zero-order valence-corrected chi connectivity index (χ0v) is 19.4. The van der Waals surface area contributed by atoms with Crippen LogP contribution in [0.5, 0.6) is 0 Å². The molecule has 6 heteroatoms. The molecular formula is C28H22N2O3S. The summed E-state index contributed by atoms with van der Waals surface area (Å²) in [4.78, 5) is 32.8. The van der Waals surface area contributed by atoms with Crippen LogP contribution >= 0.6 is 11.3 Å². The molecule has 0 spiro atoms. The molecule has 0 radical (unpaired) electrons. The summed E-state index contributed by atoms with van der Waals surface area (Å²) in [5, 5.41) is 0.613. The summed E-state index contributed by atoms with van der Waals surface area (Å²) in [6, 6.07) is 25.6.